The summed E-state index contributed by atoms with van der Waals surface area (Å²) < 4.78 is 5.13. The maximum atomic E-state index is 8.52. The van der Waals surface area contributed by atoms with Crippen molar-refractivity contribution in [1.29, 1.82) is 5.26 Å². The monoisotopic (exact) mass is 159 g/mol. The molecule has 1 aliphatic heterocycles. The van der Waals surface area contributed by atoms with Crippen molar-refractivity contribution >= 4 is 0 Å². The molecule has 0 bridgehead atoms. The van der Waals surface area contributed by atoms with E-state index in [0.717, 1.165) is 5.56 Å². The van der Waals surface area contributed by atoms with Crippen LogP contribution in [-0.4, -0.2) is 6.10 Å². The van der Waals surface area contributed by atoms with E-state index in [2.05, 4.69) is 6.07 Å². The smallest absolute Gasteiger partial charge is 0.175 e. The molecule has 1 heterocycles. The van der Waals surface area contributed by atoms with E-state index in [1.165, 1.54) is 5.56 Å². The molecule has 1 aliphatic rings. The molecule has 2 nitrogen and oxygen atoms in total. The Morgan fingerprint density at radius 3 is 2.50 bits per heavy atom. The van der Waals surface area contributed by atoms with Crippen molar-refractivity contribution in [3.05, 3.63) is 35.4 Å². The third-order valence-electron chi connectivity index (χ3n) is 2.02. The minimum absolute atomic E-state index is 0.0237. The highest BCUT2D eigenvalue weighted by Crippen LogP contribution is 2.37. The number of ether oxygens (including phenoxy) is 1. The first-order valence-electron chi connectivity index (χ1n) is 3.93. The van der Waals surface area contributed by atoms with Gasteiger partial charge in [0.15, 0.2) is 6.10 Å². The molecule has 1 fully saturated rings. The largest absolute Gasteiger partial charge is 0.348 e. The molecule has 0 aliphatic carbocycles. The van der Waals surface area contributed by atoms with E-state index < -0.39 is 0 Å². The van der Waals surface area contributed by atoms with Crippen LogP contribution in [0.4, 0.5) is 0 Å². The van der Waals surface area contributed by atoms with Gasteiger partial charge >= 0.3 is 0 Å². The first-order chi connectivity index (χ1) is 5.81. The standard InChI is InChI=1S/C10H9NO/c1-7-2-4-8(5-3-7)10-9(6-11)12-10/h2-5,9-10H,1H3. The summed E-state index contributed by atoms with van der Waals surface area (Å²) in [4.78, 5) is 0. The highest BCUT2D eigenvalue weighted by Gasteiger charge is 2.40. The molecular formula is C10H9NO. The molecular weight excluding hydrogens is 150 g/mol. The molecule has 1 saturated heterocycles. The summed E-state index contributed by atoms with van der Waals surface area (Å²) in [5.74, 6) is 0. The Morgan fingerprint density at radius 1 is 1.33 bits per heavy atom. The summed E-state index contributed by atoms with van der Waals surface area (Å²) in [6.45, 7) is 2.04. The van der Waals surface area contributed by atoms with Gasteiger partial charge in [-0.05, 0) is 12.5 Å². The summed E-state index contributed by atoms with van der Waals surface area (Å²) in [7, 11) is 0. The number of nitrogens with zero attached hydrogens (tertiary/aromatic N) is 1. The normalized spacial score (nSPS) is 26.3. The lowest BCUT2D eigenvalue weighted by Crippen LogP contribution is -1.84. The molecule has 0 amide bonds. The molecule has 1 aromatic carbocycles. The van der Waals surface area contributed by atoms with Crippen LogP contribution in [0.3, 0.4) is 0 Å². The first-order valence-corrected chi connectivity index (χ1v) is 3.93. The van der Waals surface area contributed by atoms with Crippen LogP contribution in [-0.2, 0) is 4.74 Å². The van der Waals surface area contributed by atoms with Gasteiger partial charge < -0.3 is 4.74 Å². The van der Waals surface area contributed by atoms with E-state index in [1.807, 2.05) is 31.2 Å². The molecule has 2 heteroatoms. The highest BCUT2D eigenvalue weighted by molar-refractivity contribution is 5.28. The predicted octanol–water partition coefficient (Wildman–Crippen LogP) is 1.96. The van der Waals surface area contributed by atoms with Crippen molar-refractivity contribution in [2.45, 2.75) is 19.1 Å². The first kappa shape index (κ1) is 7.33. The molecule has 0 radical (unpaired) electrons. The van der Waals surface area contributed by atoms with Crippen LogP contribution in [0.2, 0.25) is 0 Å². The maximum Gasteiger partial charge on any atom is 0.175 e. The van der Waals surface area contributed by atoms with Crippen LogP contribution < -0.4 is 0 Å². The SMILES string of the molecule is Cc1ccc(C2OC2C#N)cc1. The van der Waals surface area contributed by atoms with Gasteiger partial charge in [0.2, 0.25) is 0 Å². The van der Waals surface area contributed by atoms with Crippen LogP contribution in [0.25, 0.3) is 0 Å². The van der Waals surface area contributed by atoms with Gasteiger partial charge in [0, 0.05) is 0 Å². The van der Waals surface area contributed by atoms with Gasteiger partial charge in [0.1, 0.15) is 6.10 Å². The average molecular weight is 159 g/mol. The second kappa shape index (κ2) is 2.62. The fraction of sp³-hybridized carbons (Fsp3) is 0.300. The van der Waals surface area contributed by atoms with Crippen molar-refractivity contribution in [3.8, 4) is 6.07 Å². The quantitative estimate of drug-likeness (QED) is 0.587. The topological polar surface area (TPSA) is 36.3 Å². The van der Waals surface area contributed by atoms with Crippen molar-refractivity contribution in [2.75, 3.05) is 0 Å². The third-order valence-corrected chi connectivity index (χ3v) is 2.02. The van der Waals surface area contributed by atoms with Gasteiger partial charge in [-0.3, -0.25) is 0 Å². The predicted molar refractivity (Wildman–Crippen MR) is 44.4 cm³/mol. The van der Waals surface area contributed by atoms with E-state index in [4.69, 9.17) is 10.00 Å². The summed E-state index contributed by atoms with van der Waals surface area (Å²) >= 11 is 0. The zero-order chi connectivity index (χ0) is 8.55. The minimum atomic E-state index is -0.215. The summed E-state index contributed by atoms with van der Waals surface area (Å²) in [6.07, 6.45) is -0.191. The summed E-state index contributed by atoms with van der Waals surface area (Å²) in [5.41, 5.74) is 2.33. The number of epoxide rings is 1. The van der Waals surface area contributed by atoms with E-state index in [1.54, 1.807) is 0 Å². The van der Waals surface area contributed by atoms with Crippen molar-refractivity contribution < 1.29 is 4.74 Å². The van der Waals surface area contributed by atoms with Crippen molar-refractivity contribution in [1.82, 2.24) is 0 Å². The number of rotatable bonds is 1. The van der Waals surface area contributed by atoms with E-state index in [0.29, 0.717) is 0 Å². The fourth-order valence-electron chi connectivity index (χ4n) is 1.22. The molecule has 0 saturated carbocycles. The molecule has 1 aromatic rings. The van der Waals surface area contributed by atoms with Crippen molar-refractivity contribution in [3.63, 3.8) is 0 Å². The molecule has 2 atom stereocenters. The number of aryl methyl sites for hydroxylation is 1. The summed E-state index contributed by atoms with van der Waals surface area (Å²) in [6, 6.07) is 10.2. The molecule has 0 N–H and O–H groups in total. The minimum Gasteiger partial charge on any atom is -0.348 e. The van der Waals surface area contributed by atoms with Gasteiger partial charge in [-0.25, -0.2) is 0 Å². The third kappa shape index (κ3) is 1.19. The number of hydrogen-bond acceptors (Lipinski definition) is 2. The van der Waals surface area contributed by atoms with Crippen LogP contribution in [0.5, 0.6) is 0 Å². The van der Waals surface area contributed by atoms with Gasteiger partial charge in [-0.2, -0.15) is 5.26 Å². The van der Waals surface area contributed by atoms with E-state index in [9.17, 15) is 0 Å². The molecule has 0 aromatic heterocycles. The molecule has 2 unspecified atom stereocenters. The average Bonchev–Trinajstić information content (AvgIpc) is 2.85. The Bertz CT molecular complexity index is 323. The Hall–Kier alpha value is -1.33. The lowest BCUT2D eigenvalue weighted by molar-refractivity contribution is 0.396. The van der Waals surface area contributed by atoms with E-state index >= 15 is 0 Å². The van der Waals surface area contributed by atoms with Gasteiger partial charge in [-0.1, -0.05) is 29.8 Å². The fourth-order valence-corrected chi connectivity index (χ4v) is 1.22. The second-order valence-electron chi connectivity index (χ2n) is 3.02. The number of nitriles is 1. The second-order valence-corrected chi connectivity index (χ2v) is 3.02. The van der Waals surface area contributed by atoms with Crippen LogP contribution in [0, 0.1) is 18.3 Å². The Balaban J connectivity index is 2.17. The van der Waals surface area contributed by atoms with Crippen LogP contribution in [0.15, 0.2) is 24.3 Å². The zero-order valence-corrected chi connectivity index (χ0v) is 6.82. The maximum absolute atomic E-state index is 8.52. The van der Waals surface area contributed by atoms with Gasteiger partial charge in [0.05, 0.1) is 6.07 Å². The zero-order valence-electron chi connectivity index (χ0n) is 6.82. The van der Waals surface area contributed by atoms with Crippen LogP contribution >= 0.6 is 0 Å². The number of hydrogen-bond donors (Lipinski definition) is 0. The van der Waals surface area contributed by atoms with Gasteiger partial charge in [0.25, 0.3) is 0 Å². The molecule has 2 rings (SSSR count). The van der Waals surface area contributed by atoms with Gasteiger partial charge in [-0.15, -0.1) is 0 Å². The molecule has 0 spiro atoms. The Kier molecular flexibility index (Phi) is 1.60. The molecule has 12 heavy (non-hydrogen) atoms. The Labute approximate surface area is 71.4 Å². The number of benzene rings is 1. The lowest BCUT2D eigenvalue weighted by Gasteiger charge is -1.94. The summed E-state index contributed by atoms with van der Waals surface area (Å²) in [5, 5.41) is 8.52. The van der Waals surface area contributed by atoms with Crippen molar-refractivity contribution in [2.24, 2.45) is 0 Å². The van der Waals surface area contributed by atoms with E-state index in [-0.39, 0.29) is 12.2 Å². The van der Waals surface area contributed by atoms with Crippen LogP contribution in [0.1, 0.15) is 17.2 Å². The highest BCUT2D eigenvalue weighted by atomic mass is 16.6. The lowest BCUT2D eigenvalue weighted by atomic mass is 10.1. The molecule has 60 valence electrons. The Morgan fingerprint density at radius 2 is 2.00 bits per heavy atom.